The largest absolute Gasteiger partial charge is 0.390 e. The Morgan fingerprint density at radius 2 is 1.76 bits per heavy atom. The summed E-state index contributed by atoms with van der Waals surface area (Å²) in [6.45, 7) is 2.39. The fourth-order valence-electron chi connectivity index (χ4n) is 3.84. The molecule has 0 spiro atoms. The molecule has 168 valence electrons. The number of pyridine rings is 1. The fraction of sp³-hybridized carbons (Fsp3) is 0.280. The molecular formula is C25H25N5O3. The second kappa shape index (κ2) is 9.99. The lowest BCUT2D eigenvalue weighted by atomic mass is 10.1. The number of hydrogen-bond donors (Lipinski definition) is 2. The van der Waals surface area contributed by atoms with Crippen molar-refractivity contribution in [1.29, 1.82) is 0 Å². The molecule has 0 radical (unpaired) electrons. The number of hydrogen-bond acceptors (Lipinski definition) is 8. The molecule has 0 amide bonds. The summed E-state index contributed by atoms with van der Waals surface area (Å²) in [6, 6.07) is 14.3. The maximum absolute atomic E-state index is 9.33. The minimum absolute atomic E-state index is 0.128. The standard InChI is InChI=1S/C25H25N5O3/c31-16-21-11-19(5-8-27-21)23-14-26-15-24(29-23)25-12-22(30-33-25)18-3-1-17(2-4-18)13-28-20-6-9-32-10-7-20/h1-5,8,11-12,14-15,20,28,31H,6-7,9-10,13,16H2. The molecule has 8 nitrogen and oxygen atoms in total. The van der Waals surface area contributed by atoms with Crippen molar-refractivity contribution < 1.29 is 14.4 Å². The molecule has 2 N–H and O–H groups in total. The van der Waals surface area contributed by atoms with Gasteiger partial charge in [0, 0.05) is 49.2 Å². The Balaban J connectivity index is 1.29. The van der Waals surface area contributed by atoms with Crippen LogP contribution < -0.4 is 5.32 Å². The summed E-state index contributed by atoms with van der Waals surface area (Å²) in [7, 11) is 0. The van der Waals surface area contributed by atoms with Crippen molar-refractivity contribution in [3.63, 3.8) is 0 Å². The van der Waals surface area contributed by atoms with Gasteiger partial charge in [0.15, 0.2) is 5.76 Å². The average molecular weight is 444 g/mol. The Hall–Kier alpha value is -3.46. The van der Waals surface area contributed by atoms with Crippen LogP contribution in [0.15, 0.2) is 65.6 Å². The summed E-state index contributed by atoms with van der Waals surface area (Å²) in [5.41, 5.74) is 5.61. The van der Waals surface area contributed by atoms with Gasteiger partial charge >= 0.3 is 0 Å². The summed E-state index contributed by atoms with van der Waals surface area (Å²) in [5, 5.41) is 17.2. The zero-order chi connectivity index (χ0) is 22.5. The number of nitrogens with one attached hydrogen (secondary N) is 1. The molecule has 4 heterocycles. The molecule has 5 rings (SSSR count). The van der Waals surface area contributed by atoms with Crippen molar-refractivity contribution in [2.45, 2.75) is 32.0 Å². The van der Waals surface area contributed by atoms with Crippen LogP contribution in [0.5, 0.6) is 0 Å². The van der Waals surface area contributed by atoms with E-state index in [9.17, 15) is 5.11 Å². The fourth-order valence-corrected chi connectivity index (χ4v) is 3.84. The van der Waals surface area contributed by atoms with Gasteiger partial charge in [0.05, 0.1) is 30.4 Å². The van der Waals surface area contributed by atoms with Gasteiger partial charge in [0.25, 0.3) is 0 Å². The van der Waals surface area contributed by atoms with E-state index in [0.29, 0.717) is 28.9 Å². The second-order valence-electron chi connectivity index (χ2n) is 8.02. The summed E-state index contributed by atoms with van der Waals surface area (Å²) >= 11 is 0. The van der Waals surface area contributed by atoms with Crippen LogP contribution in [0.1, 0.15) is 24.1 Å². The van der Waals surface area contributed by atoms with E-state index in [1.54, 1.807) is 24.7 Å². The third-order valence-electron chi connectivity index (χ3n) is 5.74. The van der Waals surface area contributed by atoms with Crippen LogP contribution in [-0.4, -0.2) is 44.5 Å². The first kappa shape index (κ1) is 21.4. The molecule has 0 atom stereocenters. The van der Waals surface area contributed by atoms with Crippen molar-refractivity contribution in [3.8, 4) is 34.0 Å². The van der Waals surface area contributed by atoms with Gasteiger partial charge in [0.1, 0.15) is 11.4 Å². The Kier molecular flexibility index (Phi) is 6.48. The van der Waals surface area contributed by atoms with Crippen LogP contribution in [0, 0.1) is 0 Å². The number of aliphatic hydroxyl groups excluding tert-OH is 1. The van der Waals surface area contributed by atoms with Crippen molar-refractivity contribution >= 4 is 0 Å². The van der Waals surface area contributed by atoms with Gasteiger partial charge in [-0.25, -0.2) is 4.98 Å². The summed E-state index contributed by atoms with van der Waals surface area (Å²) in [4.78, 5) is 13.1. The number of benzene rings is 1. The topological polar surface area (TPSA) is 106 Å². The van der Waals surface area contributed by atoms with E-state index in [2.05, 4.69) is 49.7 Å². The Bertz CT molecular complexity index is 1200. The summed E-state index contributed by atoms with van der Waals surface area (Å²) < 4.78 is 11.0. The van der Waals surface area contributed by atoms with Crippen molar-refractivity contribution in [2.24, 2.45) is 0 Å². The van der Waals surface area contributed by atoms with Gasteiger partial charge in [-0.15, -0.1) is 0 Å². The lowest BCUT2D eigenvalue weighted by molar-refractivity contribution is 0.0776. The molecule has 0 aliphatic carbocycles. The zero-order valence-corrected chi connectivity index (χ0v) is 18.1. The second-order valence-corrected chi connectivity index (χ2v) is 8.02. The van der Waals surface area contributed by atoms with E-state index in [4.69, 9.17) is 9.26 Å². The van der Waals surface area contributed by atoms with Crippen LogP contribution >= 0.6 is 0 Å². The van der Waals surface area contributed by atoms with Gasteiger partial charge in [-0.05, 0) is 30.5 Å². The monoisotopic (exact) mass is 443 g/mol. The predicted molar refractivity (Wildman–Crippen MR) is 123 cm³/mol. The van der Waals surface area contributed by atoms with Crippen LogP contribution in [-0.2, 0) is 17.9 Å². The molecule has 33 heavy (non-hydrogen) atoms. The van der Waals surface area contributed by atoms with E-state index < -0.39 is 0 Å². The SMILES string of the molecule is OCc1cc(-c2cncc(-c3cc(-c4ccc(CNC5CCOCC5)cc4)no3)n2)ccn1. The lowest BCUT2D eigenvalue weighted by Crippen LogP contribution is -2.34. The third-order valence-corrected chi connectivity index (χ3v) is 5.74. The summed E-state index contributed by atoms with van der Waals surface area (Å²) in [6.07, 6.45) is 7.09. The summed E-state index contributed by atoms with van der Waals surface area (Å²) in [5.74, 6) is 0.543. The smallest absolute Gasteiger partial charge is 0.187 e. The van der Waals surface area contributed by atoms with Crippen molar-refractivity contribution in [2.75, 3.05) is 13.2 Å². The Labute approximate surface area is 191 Å². The molecule has 1 fully saturated rings. The van der Waals surface area contributed by atoms with Gasteiger partial charge in [-0.1, -0.05) is 29.4 Å². The van der Waals surface area contributed by atoms with Crippen LogP contribution in [0.3, 0.4) is 0 Å². The number of ether oxygens (including phenoxy) is 1. The Morgan fingerprint density at radius 1 is 0.939 bits per heavy atom. The highest BCUT2D eigenvalue weighted by Crippen LogP contribution is 2.26. The van der Waals surface area contributed by atoms with E-state index in [-0.39, 0.29) is 6.61 Å². The van der Waals surface area contributed by atoms with Gasteiger partial charge < -0.3 is 19.7 Å². The first-order chi connectivity index (χ1) is 16.3. The average Bonchev–Trinajstić information content (AvgIpc) is 3.39. The number of rotatable bonds is 7. The predicted octanol–water partition coefficient (Wildman–Crippen LogP) is 3.62. The van der Waals surface area contributed by atoms with Crippen LogP contribution in [0.4, 0.5) is 0 Å². The molecule has 4 aromatic rings. The number of nitrogens with zero attached hydrogens (tertiary/aromatic N) is 4. The highest BCUT2D eigenvalue weighted by molar-refractivity contribution is 5.67. The minimum Gasteiger partial charge on any atom is -0.390 e. The van der Waals surface area contributed by atoms with Gasteiger partial charge in [-0.2, -0.15) is 0 Å². The van der Waals surface area contributed by atoms with E-state index >= 15 is 0 Å². The van der Waals surface area contributed by atoms with Crippen molar-refractivity contribution in [1.82, 2.24) is 25.4 Å². The molecule has 0 unspecified atom stereocenters. The molecule has 3 aromatic heterocycles. The minimum atomic E-state index is -0.128. The van der Waals surface area contributed by atoms with E-state index in [0.717, 1.165) is 49.4 Å². The highest BCUT2D eigenvalue weighted by atomic mass is 16.5. The molecule has 0 saturated carbocycles. The first-order valence-electron chi connectivity index (χ1n) is 11.0. The normalized spacial score (nSPS) is 14.5. The molecule has 8 heteroatoms. The van der Waals surface area contributed by atoms with Crippen LogP contribution in [0.25, 0.3) is 34.0 Å². The zero-order valence-electron chi connectivity index (χ0n) is 18.1. The van der Waals surface area contributed by atoms with E-state index in [1.165, 1.54) is 5.56 Å². The number of aromatic nitrogens is 4. The molecule has 1 saturated heterocycles. The highest BCUT2D eigenvalue weighted by Gasteiger charge is 2.14. The quantitative estimate of drug-likeness (QED) is 0.446. The van der Waals surface area contributed by atoms with Gasteiger partial charge in [0.2, 0.25) is 0 Å². The first-order valence-corrected chi connectivity index (χ1v) is 11.0. The van der Waals surface area contributed by atoms with E-state index in [1.807, 2.05) is 12.1 Å². The number of aliphatic hydroxyl groups is 1. The van der Waals surface area contributed by atoms with Gasteiger partial charge in [-0.3, -0.25) is 9.97 Å². The molecular weight excluding hydrogens is 418 g/mol. The molecule has 1 aliphatic rings. The Morgan fingerprint density at radius 3 is 2.58 bits per heavy atom. The maximum atomic E-state index is 9.33. The molecule has 1 aliphatic heterocycles. The maximum Gasteiger partial charge on any atom is 0.187 e. The molecule has 0 bridgehead atoms. The van der Waals surface area contributed by atoms with Crippen LogP contribution in [0.2, 0.25) is 0 Å². The molecule has 1 aromatic carbocycles. The van der Waals surface area contributed by atoms with Crippen molar-refractivity contribution in [3.05, 3.63) is 72.3 Å². The third kappa shape index (κ3) is 5.14. The lowest BCUT2D eigenvalue weighted by Gasteiger charge is -2.23.